The Morgan fingerprint density at radius 3 is 1.83 bits per heavy atom. The highest BCUT2D eigenvalue weighted by atomic mass is 28.3. The molecule has 0 aliphatic rings. The normalized spacial score (nSPS) is 12.2. The summed E-state index contributed by atoms with van der Waals surface area (Å²) in [6, 6.07) is 3.33. The summed E-state index contributed by atoms with van der Waals surface area (Å²) < 4.78 is 23.1. The predicted octanol–water partition coefficient (Wildman–Crippen LogP) is 4.59. The third-order valence-corrected chi connectivity index (χ3v) is 15.7. The van der Waals surface area contributed by atoms with Gasteiger partial charge >= 0.3 is 18.6 Å². The van der Waals surface area contributed by atoms with Crippen LogP contribution in [-0.4, -0.2) is 111 Å². The lowest BCUT2D eigenvalue weighted by Gasteiger charge is -2.34. The van der Waals surface area contributed by atoms with Crippen LogP contribution in [0.3, 0.4) is 0 Å². The van der Waals surface area contributed by atoms with E-state index >= 15 is 0 Å². The first-order chi connectivity index (χ1) is 19.6. The van der Waals surface area contributed by atoms with Crippen LogP contribution in [-0.2, 0) is 30.5 Å². The van der Waals surface area contributed by atoms with E-state index in [9.17, 15) is 0 Å². The van der Waals surface area contributed by atoms with Gasteiger partial charge in [0.25, 0.3) is 0 Å². The lowest BCUT2D eigenvalue weighted by atomic mass is 9.97. The molecule has 1 aromatic rings. The molecule has 0 saturated carbocycles. The molecule has 0 N–H and O–H groups in total. The first-order valence-electron chi connectivity index (χ1n) is 15.6. The van der Waals surface area contributed by atoms with Crippen LogP contribution >= 0.6 is 0 Å². The molecule has 6 radical (unpaired) electrons. The van der Waals surface area contributed by atoms with Crippen molar-refractivity contribution in [1.82, 2.24) is 4.90 Å². The Morgan fingerprint density at radius 1 is 0.756 bits per heavy atom. The fourth-order valence-electron chi connectivity index (χ4n) is 5.71. The van der Waals surface area contributed by atoms with Gasteiger partial charge in [0.05, 0.1) is 27.1 Å². The summed E-state index contributed by atoms with van der Waals surface area (Å²) in [5, 5.41) is 3.37. The molecule has 0 aromatic heterocycles. The molecule has 41 heavy (non-hydrogen) atoms. The molecule has 0 aliphatic carbocycles. The molecule has 234 valence electrons. The van der Waals surface area contributed by atoms with Crippen LogP contribution in [0.15, 0.2) is 0 Å². The second-order valence-electron chi connectivity index (χ2n) is 11.0. The van der Waals surface area contributed by atoms with Crippen molar-refractivity contribution >= 4 is 61.7 Å². The van der Waals surface area contributed by atoms with Crippen molar-refractivity contribution in [2.75, 3.05) is 65.2 Å². The zero-order chi connectivity index (χ0) is 30.9. The molecule has 0 heterocycles. The summed E-state index contributed by atoms with van der Waals surface area (Å²) in [4.78, 5) is 5.18. The first-order valence-corrected chi connectivity index (χ1v) is 25.1. The first kappa shape index (κ1) is 38.9. The smallest absolute Gasteiger partial charge is 0.384 e. The molecule has 1 aromatic carbocycles. The Bertz CT molecular complexity index is 849. The van der Waals surface area contributed by atoms with E-state index in [0.717, 1.165) is 67.3 Å². The van der Waals surface area contributed by atoms with Crippen molar-refractivity contribution in [3.63, 3.8) is 0 Å². The molecule has 0 fully saturated rings. The molecule has 0 atom stereocenters. The summed E-state index contributed by atoms with van der Waals surface area (Å²) in [7, 11) is 3.20. The van der Waals surface area contributed by atoms with E-state index in [1.807, 2.05) is 0 Å². The number of hydrogen-bond acceptors (Lipinski definition) is 6. The SMILES string of the molecule is CCO[Si](CCCN(C)C[Si]CCc1c(N(CC)CC)c([Si](C)C)c(C)c(CC[Si](OC)OC)c1[Si](C)C)OCC. The maximum Gasteiger partial charge on any atom is 0.384 e. The van der Waals surface area contributed by atoms with Crippen molar-refractivity contribution in [3.8, 4) is 0 Å². The van der Waals surface area contributed by atoms with Crippen molar-refractivity contribution in [2.45, 2.75) is 98.2 Å². The van der Waals surface area contributed by atoms with Gasteiger partial charge in [-0.3, -0.25) is 0 Å². The average molecular weight is 653 g/mol. The summed E-state index contributed by atoms with van der Waals surface area (Å²) in [5.41, 5.74) is 6.45. The summed E-state index contributed by atoms with van der Waals surface area (Å²) >= 11 is 0. The summed E-state index contributed by atoms with van der Waals surface area (Å²) in [6.07, 6.45) is 4.58. The molecule has 6 nitrogen and oxygen atoms in total. The van der Waals surface area contributed by atoms with Gasteiger partial charge in [-0.05, 0) is 108 Å². The molecule has 0 aliphatic heterocycles. The van der Waals surface area contributed by atoms with Gasteiger partial charge in [-0.15, -0.1) is 0 Å². The van der Waals surface area contributed by atoms with Crippen LogP contribution in [0, 0.1) is 6.92 Å². The third-order valence-electron chi connectivity index (χ3n) is 7.53. The van der Waals surface area contributed by atoms with Crippen LogP contribution in [0.1, 0.15) is 50.8 Å². The van der Waals surface area contributed by atoms with Crippen molar-refractivity contribution in [1.29, 1.82) is 0 Å². The van der Waals surface area contributed by atoms with Crippen molar-refractivity contribution in [2.24, 2.45) is 0 Å². The number of anilines is 1. The van der Waals surface area contributed by atoms with E-state index in [-0.39, 0.29) is 0 Å². The van der Waals surface area contributed by atoms with Crippen LogP contribution in [0.2, 0.25) is 44.3 Å². The molecule has 0 saturated heterocycles. The third kappa shape index (κ3) is 12.4. The minimum absolute atomic E-state index is 0.648. The average Bonchev–Trinajstić information content (AvgIpc) is 2.93. The molecular formula is C30H60N2O4Si5. The number of benzene rings is 1. The van der Waals surface area contributed by atoms with Gasteiger partial charge < -0.3 is 27.5 Å². The Morgan fingerprint density at radius 2 is 1.34 bits per heavy atom. The largest absolute Gasteiger partial charge is 0.397 e. The molecule has 0 unspecified atom stereocenters. The van der Waals surface area contributed by atoms with Gasteiger partial charge in [-0.1, -0.05) is 37.4 Å². The Labute approximate surface area is 263 Å². The van der Waals surface area contributed by atoms with E-state index in [1.165, 1.54) is 18.6 Å². The van der Waals surface area contributed by atoms with Gasteiger partial charge in [0.2, 0.25) is 0 Å². The number of nitrogens with zero attached hydrogens (tertiary/aromatic N) is 2. The van der Waals surface area contributed by atoms with Crippen molar-refractivity contribution < 1.29 is 17.7 Å². The van der Waals surface area contributed by atoms with E-state index in [0.29, 0.717) is 0 Å². The van der Waals surface area contributed by atoms with Crippen LogP contribution in [0.4, 0.5) is 5.69 Å². The lowest BCUT2D eigenvalue weighted by Crippen LogP contribution is -2.44. The minimum atomic E-state index is -1.22. The van der Waals surface area contributed by atoms with Gasteiger partial charge in [-0.2, -0.15) is 0 Å². The van der Waals surface area contributed by atoms with E-state index in [2.05, 4.69) is 77.7 Å². The van der Waals surface area contributed by atoms with Crippen molar-refractivity contribution in [3.05, 3.63) is 16.7 Å². The quantitative estimate of drug-likeness (QED) is 0.127. The summed E-state index contributed by atoms with van der Waals surface area (Å²) in [6.45, 7) is 25.9. The number of rotatable bonds is 23. The second-order valence-corrected chi connectivity index (χ2v) is 21.2. The molecule has 0 amide bonds. The highest BCUT2D eigenvalue weighted by Gasteiger charge is 2.28. The fourth-order valence-corrected chi connectivity index (χ4v) is 12.8. The molecule has 11 heteroatoms. The minimum Gasteiger partial charge on any atom is -0.397 e. The van der Waals surface area contributed by atoms with E-state index in [1.54, 1.807) is 47.0 Å². The van der Waals surface area contributed by atoms with E-state index in [4.69, 9.17) is 17.7 Å². The second kappa shape index (κ2) is 21.6. The Kier molecular flexibility index (Phi) is 20.5. The molecule has 0 spiro atoms. The van der Waals surface area contributed by atoms with Crippen LogP contribution in [0.5, 0.6) is 0 Å². The van der Waals surface area contributed by atoms with Gasteiger partial charge in [-0.25, -0.2) is 0 Å². The van der Waals surface area contributed by atoms with E-state index < -0.39 is 36.2 Å². The van der Waals surface area contributed by atoms with Gasteiger partial charge in [0.1, 0.15) is 0 Å². The highest BCUT2D eigenvalue weighted by Crippen LogP contribution is 2.26. The topological polar surface area (TPSA) is 43.4 Å². The predicted molar refractivity (Wildman–Crippen MR) is 187 cm³/mol. The van der Waals surface area contributed by atoms with Crippen LogP contribution < -0.4 is 15.3 Å². The molecule has 1 rings (SSSR count). The molecular weight excluding hydrogens is 593 g/mol. The van der Waals surface area contributed by atoms with Gasteiger partial charge in [0.15, 0.2) is 0 Å². The fraction of sp³-hybridized carbons (Fsp3) is 0.800. The van der Waals surface area contributed by atoms with Gasteiger partial charge in [0, 0.05) is 46.2 Å². The standard InChI is InChI=1S/C30H60N2O4Si5/c1-13-32(14-2)28-27(18-21-37-24-31(6)20-17-22-41(35-15-3)36-16-4)30(39(11)12)26(19-23-40(33-7)34-8)25(5)29(28)38(9)10/h13-24H2,1-12H3. The Balaban J connectivity index is 3.22. The monoisotopic (exact) mass is 652 g/mol. The molecule has 0 bridgehead atoms. The maximum absolute atomic E-state index is 5.83. The zero-order valence-corrected chi connectivity index (χ0v) is 33.5. The summed E-state index contributed by atoms with van der Waals surface area (Å²) in [5.74, 6) is 0. The number of hydrogen-bond donors (Lipinski definition) is 0. The van der Waals surface area contributed by atoms with Crippen LogP contribution in [0.25, 0.3) is 0 Å². The Hall–Kier alpha value is -0.0956. The maximum atomic E-state index is 5.83. The zero-order valence-electron chi connectivity index (χ0n) is 28.5. The lowest BCUT2D eigenvalue weighted by molar-refractivity contribution is 0.211. The highest BCUT2D eigenvalue weighted by molar-refractivity contribution is 6.75.